The minimum Gasteiger partial charge on any atom is -0.473 e. The van der Waals surface area contributed by atoms with Gasteiger partial charge in [0.15, 0.2) is 6.10 Å². The molecule has 1 unspecified atom stereocenters. The number of nitrogen functional groups attached to an aromatic ring is 1. The van der Waals surface area contributed by atoms with Crippen molar-refractivity contribution in [3.8, 4) is 5.88 Å². The molecule has 2 N–H and O–H groups in total. The summed E-state index contributed by atoms with van der Waals surface area (Å²) >= 11 is 0. The number of oxime groups is 1. The normalized spacial score (nSPS) is 15.8. The molecule has 3 heterocycles. The lowest BCUT2D eigenvalue weighted by Crippen LogP contribution is -2.06. The van der Waals surface area contributed by atoms with Gasteiger partial charge in [0.05, 0.1) is 5.71 Å². The molecule has 0 saturated carbocycles. The summed E-state index contributed by atoms with van der Waals surface area (Å²) in [5.74, 6) is 1.14. The first-order valence-corrected chi connectivity index (χ1v) is 9.23. The van der Waals surface area contributed by atoms with E-state index in [0.29, 0.717) is 18.3 Å². The smallest absolute Gasteiger partial charge is 0.213 e. The molecule has 3 aromatic rings. The van der Waals surface area contributed by atoms with Gasteiger partial charge in [0.1, 0.15) is 12.4 Å². The van der Waals surface area contributed by atoms with Gasteiger partial charge in [-0.2, -0.15) is 0 Å². The van der Waals surface area contributed by atoms with Crippen molar-refractivity contribution in [2.45, 2.75) is 32.5 Å². The van der Waals surface area contributed by atoms with E-state index in [9.17, 15) is 0 Å². The van der Waals surface area contributed by atoms with E-state index in [4.69, 9.17) is 15.3 Å². The van der Waals surface area contributed by atoms with E-state index >= 15 is 0 Å². The number of hydrogen-bond acceptors (Lipinski definition) is 6. The molecular formula is C22H22N4O2. The van der Waals surface area contributed by atoms with Gasteiger partial charge in [-0.15, -0.1) is 0 Å². The molecule has 2 aromatic heterocycles. The molecule has 142 valence electrons. The van der Waals surface area contributed by atoms with Crippen LogP contribution in [0.25, 0.3) is 0 Å². The minimum atomic E-state index is -0.154. The average molecular weight is 374 g/mol. The maximum absolute atomic E-state index is 5.94. The predicted molar refractivity (Wildman–Crippen MR) is 108 cm³/mol. The number of rotatable bonds is 6. The molecule has 1 aliphatic heterocycles. The molecule has 0 saturated heterocycles. The van der Waals surface area contributed by atoms with Gasteiger partial charge < -0.3 is 15.3 Å². The van der Waals surface area contributed by atoms with E-state index in [0.717, 1.165) is 35.4 Å². The van der Waals surface area contributed by atoms with E-state index in [1.165, 1.54) is 5.56 Å². The van der Waals surface area contributed by atoms with Crippen LogP contribution in [-0.2, 0) is 17.9 Å². The number of ether oxygens (including phenoxy) is 1. The third-order valence-corrected chi connectivity index (χ3v) is 4.63. The van der Waals surface area contributed by atoms with Crippen molar-refractivity contribution in [1.82, 2.24) is 9.97 Å². The Hall–Kier alpha value is -3.41. The summed E-state index contributed by atoms with van der Waals surface area (Å²) in [6, 6.07) is 17.9. The number of nitrogens with two attached hydrogens (primary N) is 1. The second kappa shape index (κ2) is 8.08. The maximum Gasteiger partial charge on any atom is 0.213 e. The van der Waals surface area contributed by atoms with Crippen LogP contribution in [0.15, 0.2) is 65.9 Å². The van der Waals surface area contributed by atoms with Crippen molar-refractivity contribution in [3.05, 3.63) is 83.2 Å². The quantitative estimate of drug-likeness (QED) is 0.705. The van der Waals surface area contributed by atoms with E-state index in [1.54, 1.807) is 6.20 Å². The molecule has 4 rings (SSSR count). The zero-order valence-corrected chi connectivity index (χ0v) is 15.7. The molecule has 0 amide bonds. The van der Waals surface area contributed by atoms with Gasteiger partial charge in [-0.05, 0) is 36.2 Å². The second-order valence-electron chi connectivity index (χ2n) is 6.83. The molecule has 28 heavy (non-hydrogen) atoms. The number of anilines is 1. The minimum absolute atomic E-state index is 0.154. The summed E-state index contributed by atoms with van der Waals surface area (Å²) in [5, 5.41) is 4.24. The Labute approximate surface area is 164 Å². The van der Waals surface area contributed by atoms with Crippen LogP contribution in [0.2, 0.25) is 0 Å². The number of benzene rings is 1. The van der Waals surface area contributed by atoms with E-state index in [-0.39, 0.29) is 6.10 Å². The lowest BCUT2D eigenvalue weighted by Gasteiger charge is -2.10. The van der Waals surface area contributed by atoms with Gasteiger partial charge in [0.2, 0.25) is 5.88 Å². The Morgan fingerprint density at radius 2 is 1.89 bits per heavy atom. The summed E-state index contributed by atoms with van der Waals surface area (Å²) in [5.41, 5.74) is 11.0. The number of hydrogen-bond donors (Lipinski definition) is 1. The fourth-order valence-electron chi connectivity index (χ4n) is 3.14. The van der Waals surface area contributed by atoms with E-state index < -0.39 is 0 Å². The molecule has 6 nitrogen and oxygen atoms in total. The molecule has 0 bridgehead atoms. The first-order chi connectivity index (χ1) is 13.7. The summed E-state index contributed by atoms with van der Waals surface area (Å²) in [7, 11) is 0. The van der Waals surface area contributed by atoms with Crippen LogP contribution in [-0.4, -0.2) is 15.7 Å². The van der Waals surface area contributed by atoms with Crippen LogP contribution in [0.4, 0.5) is 5.82 Å². The first kappa shape index (κ1) is 18.0. The maximum atomic E-state index is 5.94. The highest BCUT2D eigenvalue weighted by Crippen LogP contribution is 2.30. The van der Waals surface area contributed by atoms with Gasteiger partial charge in [-0.25, -0.2) is 9.97 Å². The Bertz CT molecular complexity index is 986. The number of nitrogens with zero attached hydrogens (tertiary/aromatic N) is 3. The van der Waals surface area contributed by atoms with Crippen LogP contribution in [0.5, 0.6) is 5.88 Å². The molecule has 0 radical (unpaired) electrons. The monoisotopic (exact) mass is 374 g/mol. The number of aromatic nitrogens is 2. The Morgan fingerprint density at radius 1 is 1.07 bits per heavy atom. The number of pyridine rings is 2. The lowest BCUT2D eigenvalue weighted by atomic mass is 10.00. The third-order valence-electron chi connectivity index (χ3n) is 4.63. The fourth-order valence-corrected chi connectivity index (χ4v) is 3.14. The predicted octanol–water partition coefficient (Wildman–Crippen LogP) is 4.01. The van der Waals surface area contributed by atoms with Crippen LogP contribution in [0, 0.1) is 6.92 Å². The van der Waals surface area contributed by atoms with E-state index in [1.807, 2.05) is 37.3 Å². The summed E-state index contributed by atoms with van der Waals surface area (Å²) < 4.78 is 5.75. The van der Waals surface area contributed by atoms with Crippen molar-refractivity contribution in [1.29, 1.82) is 0 Å². The second-order valence-corrected chi connectivity index (χ2v) is 6.83. The molecule has 1 aromatic carbocycles. The van der Waals surface area contributed by atoms with Crippen molar-refractivity contribution >= 4 is 11.5 Å². The SMILES string of the molecule is Cc1cccc(OCc2ccc(CC3=NOC(c4cccnc4N)C3)cc2)n1. The van der Waals surface area contributed by atoms with Gasteiger partial charge in [-0.1, -0.05) is 35.5 Å². The van der Waals surface area contributed by atoms with Crippen molar-refractivity contribution < 1.29 is 9.57 Å². The fraction of sp³-hybridized carbons (Fsp3) is 0.227. The third kappa shape index (κ3) is 4.28. The van der Waals surface area contributed by atoms with Gasteiger partial charge in [0.25, 0.3) is 0 Å². The van der Waals surface area contributed by atoms with Gasteiger partial charge in [-0.3, -0.25) is 0 Å². The molecular weight excluding hydrogens is 352 g/mol. The molecule has 0 fully saturated rings. The zero-order valence-electron chi connectivity index (χ0n) is 15.7. The van der Waals surface area contributed by atoms with Gasteiger partial charge in [0, 0.05) is 36.4 Å². The topological polar surface area (TPSA) is 82.6 Å². The van der Waals surface area contributed by atoms with E-state index in [2.05, 4.69) is 39.4 Å². The lowest BCUT2D eigenvalue weighted by molar-refractivity contribution is 0.0860. The first-order valence-electron chi connectivity index (χ1n) is 9.23. The molecule has 0 spiro atoms. The molecule has 1 atom stereocenters. The number of aryl methyl sites for hydroxylation is 1. The van der Waals surface area contributed by atoms with Crippen molar-refractivity contribution in [2.24, 2.45) is 5.16 Å². The Balaban J connectivity index is 1.32. The van der Waals surface area contributed by atoms with Crippen LogP contribution < -0.4 is 10.5 Å². The van der Waals surface area contributed by atoms with Crippen molar-refractivity contribution in [3.63, 3.8) is 0 Å². The molecule has 0 aliphatic carbocycles. The highest BCUT2D eigenvalue weighted by molar-refractivity contribution is 5.87. The highest BCUT2D eigenvalue weighted by Gasteiger charge is 2.24. The summed E-state index contributed by atoms with van der Waals surface area (Å²) in [6.45, 7) is 2.44. The molecule has 6 heteroatoms. The standard InChI is InChI=1S/C22H22N4O2/c1-15-4-2-6-21(25-15)27-14-17-9-7-16(8-10-17)12-18-13-20(28-26-18)19-5-3-11-24-22(19)23/h2-11,20H,12-14H2,1H3,(H2,23,24). The summed E-state index contributed by atoms with van der Waals surface area (Å²) in [4.78, 5) is 14.0. The highest BCUT2D eigenvalue weighted by atomic mass is 16.6. The Kier molecular flexibility index (Phi) is 5.19. The zero-order chi connectivity index (χ0) is 19.3. The average Bonchev–Trinajstić information content (AvgIpc) is 3.16. The largest absolute Gasteiger partial charge is 0.473 e. The van der Waals surface area contributed by atoms with Crippen LogP contribution >= 0.6 is 0 Å². The Morgan fingerprint density at radius 3 is 2.68 bits per heavy atom. The van der Waals surface area contributed by atoms with Gasteiger partial charge >= 0.3 is 0 Å². The van der Waals surface area contributed by atoms with Crippen LogP contribution in [0.3, 0.4) is 0 Å². The molecule has 1 aliphatic rings. The summed E-state index contributed by atoms with van der Waals surface area (Å²) in [6.07, 6.45) is 2.99. The van der Waals surface area contributed by atoms with Crippen LogP contribution in [0.1, 0.15) is 34.9 Å². The van der Waals surface area contributed by atoms with Crippen molar-refractivity contribution in [2.75, 3.05) is 5.73 Å².